The van der Waals surface area contributed by atoms with E-state index >= 15 is 0 Å². The molecule has 172 valence electrons. The topological polar surface area (TPSA) is 90.4 Å². The summed E-state index contributed by atoms with van der Waals surface area (Å²) in [5.74, 6) is -3.23. The molecule has 1 spiro atoms. The molecule has 12 heteroatoms. The molecule has 1 atom stereocenters. The van der Waals surface area contributed by atoms with Crippen molar-refractivity contribution in [1.82, 2.24) is 9.80 Å². The zero-order valence-electron chi connectivity index (χ0n) is 17.0. The van der Waals surface area contributed by atoms with Crippen molar-refractivity contribution in [2.75, 3.05) is 51.8 Å². The summed E-state index contributed by atoms with van der Waals surface area (Å²) >= 11 is 0. The van der Waals surface area contributed by atoms with Crippen LogP contribution >= 0.6 is 0 Å². The maximum absolute atomic E-state index is 13.5. The maximum atomic E-state index is 13.5. The van der Waals surface area contributed by atoms with Gasteiger partial charge >= 0.3 is 12.1 Å². The molecule has 0 aromatic heterocycles. The van der Waals surface area contributed by atoms with Gasteiger partial charge < -0.3 is 19.6 Å². The number of piperazine rings is 1. The zero-order valence-corrected chi connectivity index (χ0v) is 17.0. The Morgan fingerprint density at radius 2 is 1.90 bits per heavy atom. The number of hydrogen-bond acceptors (Lipinski definition) is 5. The molecule has 0 aliphatic carbocycles. The first-order valence-corrected chi connectivity index (χ1v) is 9.23. The lowest BCUT2D eigenvalue weighted by Gasteiger charge is -2.46. The van der Waals surface area contributed by atoms with Gasteiger partial charge in [0, 0.05) is 32.4 Å². The van der Waals surface area contributed by atoms with Crippen molar-refractivity contribution in [2.45, 2.75) is 18.1 Å². The molecule has 1 N–H and O–H groups in total. The van der Waals surface area contributed by atoms with Crippen molar-refractivity contribution in [3.05, 3.63) is 30.1 Å². The van der Waals surface area contributed by atoms with Crippen molar-refractivity contribution < 1.29 is 41.8 Å². The Morgan fingerprint density at radius 1 is 1.26 bits per heavy atom. The predicted octanol–water partition coefficient (Wildman–Crippen LogP) is 1.35. The number of benzene rings is 1. The normalized spacial score (nSPS) is 21.8. The smallest absolute Gasteiger partial charge is 0.475 e. The molecule has 2 heterocycles. The van der Waals surface area contributed by atoms with Gasteiger partial charge in [0.05, 0.1) is 12.1 Å². The number of ether oxygens (including phenoxy) is 1. The van der Waals surface area contributed by atoms with Crippen molar-refractivity contribution in [3.8, 4) is 0 Å². The number of halogens is 4. The molecule has 2 aliphatic rings. The predicted molar refractivity (Wildman–Crippen MR) is 101 cm³/mol. The van der Waals surface area contributed by atoms with E-state index in [4.69, 9.17) is 14.6 Å². The third-order valence-electron chi connectivity index (χ3n) is 5.25. The maximum Gasteiger partial charge on any atom is 0.490 e. The highest BCUT2D eigenvalue weighted by Crippen LogP contribution is 2.33. The van der Waals surface area contributed by atoms with Gasteiger partial charge in [-0.1, -0.05) is 6.07 Å². The third-order valence-corrected chi connectivity index (χ3v) is 5.25. The highest BCUT2D eigenvalue weighted by Gasteiger charge is 2.48. The summed E-state index contributed by atoms with van der Waals surface area (Å²) in [5.41, 5.74) is 0.262. The fourth-order valence-corrected chi connectivity index (χ4v) is 3.56. The number of carbonyl (C=O) groups is 3. The molecule has 31 heavy (non-hydrogen) atoms. The second-order valence-electron chi connectivity index (χ2n) is 7.34. The SMILES string of the molecule is COCC(=O)N1CCC2(C1)CN(c1cccc(F)c1)C(=O)CN2C.O=C(O)C(F)(F)F. The molecule has 8 nitrogen and oxygen atoms in total. The van der Waals surface area contributed by atoms with E-state index in [0.29, 0.717) is 25.3 Å². The van der Waals surface area contributed by atoms with E-state index in [1.807, 2.05) is 11.9 Å². The first kappa shape index (κ1) is 24.5. The summed E-state index contributed by atoms with van der Waals surface area (Å²) in [5, 5.41) is 7.12. The van der Waals surface area contributed by atoms with E-state index in [2.05, 4.69) is 0 Å². The average Bonchev–Trinajstić information content (AvgIpc) is 3.10. The largest absolute Gasteiger partial charge is 0.490 e. The van der Waals surface area contributed by atoms with Crippen LogP contribution in [0.4, 0.5) is 23.2 Å². The number of amides is 2. The molecule has 3 rings (SSSR count). The number of alkyl halides is 3. The average molecular weight is 449 g/mol. The van der Waals surface area contributed by atoms with Gasteiger partial charge in [0.2, 0.25) is 11.8 Å². The van der Waals surface area contributed by atoms with E-state index in [0.717, 1.165) is 6.42 Å². The van der Waals surface area contributed by atoms with Gasteiger partial charge in [-0.25, -0.2) is 9.18 Å². The number of methoxy groups -OCH3 is 1. The number of likely N-dealkylation sites (N-methyl/N-ethyl adjacent to an activating group) is 1. The number of carboxylic acids is 1. The van der Waals surface area contributed by atoms with E-state index in [1.54, 1.807) is 21.9 Å². The van der Waals surface area contributed by atoms with Crippen molar-refractivity contribution in [3.63, 3.8) is 0 Å². The van der Waals surface area contributed by atoms with E-state index in [-0.39, 0.29) is 36.3 Å². The van der Waals surface area contributed by atoms with Crippen LogP contribution < -0.4 is 4.90 Å². The minimum absolute atomic E-state index is 0.0445. The number of carboxylic acid groups (broad SMARTS) is 1. The third kappa shape index (κ3) is 5.91. The van der Waals surface area contributed by atoms with E-state index in [9.17, 15) is 27.2 Å². The van der Waals surface area contributed by atoms with Crippen molar-refractivity contribution in [1.29, 1.82) is 0 Å². The van der Waals surface area contributed by atoms with E-state index in [1.165, 1.54) is 19.2 Å². The number of aliphatic carboxylic acids is 1. The number of nitrogens with zero attached hydrogens (tertiary/aromatic N) is 3. The number of rotatable bonds is 3. The van der Waals surface area contributed by atoms with Crippen molar-refractivity contribution in [2.24, 2.45) is 0 Å². The minimum atomic E-state index is -5.08. The summed E-state index contributed by atoms with van der Waals surface area (Å²) in [7, 11) is 3.41. The Balaban J connectivity index is 0.000000423. The quantitative estimate of drug-likeness (QED) is 0.701. The molecule has 0 radical (unpaired) electrons. The first-order chi connectivity index (χ1) is 14.4. The van der Waals surface area contributed by atoms with Crippen molar-refractivity contribution >= 4 is 23.5 Å². The lowest BCUT2D eigenvalue weighted by Crippen LogP contribution is -2.64. The van der Waals surface area contributed by atoms with Gasteiger partial charge in [-0.2, -0.15) is 13.2 Å². The molecule has 2 amide bonds. The summed E-state index contributed by atoms with van der Waals surface area (Å²) in [4.78, 5) is 38.9. The summed E-state index contributed by atoms with van der Waals surface area (Å²) in [6, 6.07) is 6.08. The van der Waals surface area contributed by atoms with Crippen LogP contribution in [0.25, 0.3) is 0 Å². The fourth-order valence-electron chi connectivity index (χ4n) is 3.56. The fraction of sp³-hybridized carbons (Fsp3) is 0.526. The van der Waals surface area contributed by atoms with Gasteiger partial charge in [-0.15, -0.1) is 0 Å². The molecule has 1 aromatic carbocycles. The van der Waals surface area contributed by atoms with Gasteiger partial charge in [-0.3, -0.25) is 14.5 Å². The molecule has 2 aliphatic heterocycles. The highest BCUT2D eigenvalue weighted by atomic mass is 19.4. The van der Waals surface area contributed by atoms with Crippen LogP contribution in [0, 0.1) is 5.82 Å². The molecular weight excluding hydrogens is 426 g/mol. The number of carbonyl (C=O) groups excluding carboxylic acids is 2. The van der Waals surface area contributed by atoms with Crippen LogP contribution in [0.2, 0.25) is 0 Å². The summed E-state index contributed by atoms with van der Waals surface area (Å²) < 4.78 is 50.2. The molecule has 1 aromatic rings. The molecule has 0 saturated carbocycles. The second kappa shape index (κ2) is 9.60. The minimum Gasteiger partial charge on any atom is -0.475 e. The number of likely N-dealkylation sites (tertiary alicyclic amines) is 1. The Morgan fingerprint density at radius 3 is 2.45 bits per heavy atom. The van der Waals surface area contributed by atoms with Crippen LogP contribution in [0.1, 0.15) is 6.42 Å². The van der Waals surface area contributed by atoms with Gasteiger partial charge in [-0.05, 0) is 31.7 Å². The number of anilines is 1. The lowest BCUT2D eigenvalue weighted by molar-refractivity contribution is -0.192. The Hall–Kier alpha value is -2.73. The van der Waals surface area contributed by atoms with Crippen LogP contribution in [0.15, 0.2) is 24.3 Å². The van der Waals surface area contributed by atoms with Crippen LogP contribution in [-0.4, -0.2) is 91.3 Å². The summed E-state index contributed by atoms with van der Waals surface area (Å²) in [6.45, 7) is 1.94. The molecular formula is C19H23F4N3O5. The Labute approximate surface area is 176 Å². The monoisotopic (exact) mass is 449 g/mol. The van der Waals surface area contributed by atoms with Gasteiger partial charge in [0.25, 0.3) is 0 Å². The lowest BCUT2D eigenvalue weighted by atomic mass is 9.92. The second-order valence-corrected chi connectivity index (χ2v) is 7.34. The van der Waals surface area contributed by atoms with Gasteiger partial charge in [0.15, 0.2) is 0 Å². The highest BCUT2D eigenvalue weighted by molar-refractivity contribution is 5.96. The van der Waals surface area contributed by atoms with Crippen LogP contribution in [-0.2, 0) is 19.1 Å². The zero-order chi connectivity index (χ0) is 23.4. The van der Waals surface area contributed by atoms with Gasteiger partial charge in [0.1, 0.15) is 12.4 Å². The Kier molecular flexibility index (Phi) is 7.60. The van der Waals surface area contributed by atoms with Crippen LogP contribution in [0.3, 0.4) is 0 Å². The van der Waals surface area contributed by atoms with Crippen LogP contribution in [0.5, 0.6) is 0 Å². The number of hydrogen-bond donors (Lipinski definition) is 1. The standard InChI is InChI=1S/C17H22FN3O3.C2HF3O2/c1-19-9-15(22)21(14-5-3-4-13(18)8-14)12-17(19)6-7-20(11-17)16(23)10-24-2;3-2(4,5)1(6)7/h3-5,8H,6-7,9-12H2,1-2H3;(H,6,7). The van der Waals surface area contributed by atoms with E-state index < -0.39 is 12.1 Å². The molecule has 2 fully saturated rings. The first-order valence-electron chi connectivity index (χ1n) is 9.23. The molecule has 2 saturated heterocycles. The Bertz CT molecular complexity index is 835. The summed E-state index contributed by atoms with van der Waals surface area (Å²) in [6.07, 6.45) is -4.31. The molecule has 0 bridgehead atoms. The molecule has 1 unspecified atom stereocenters.